The van der Waals surface area contributed by atoms with Crippen molar-refractivity contribution < 1.29 is 0 Å². The van der Waals surface area contributed by atoms with Crippen LogP contribution in [-0.4, -0.2) is 28.9 Å². The fourth-order valence-corrected chi connectivity index (χ4v) is 3.67. The molecule has 144 valence electrons. The molecule has 1 aromatic heterocycles. The summed E-state index contributed by atoms with van der Waals surface area (Å²) in [7, 11) is 2.04. The van der Waals surface area contributed by atoms with Crippen LogP contribution >= 0.6 is 11.6 Å². The highest BCUT2D eigenvalue weighted by molar-refractivity contribution is 6.19. The largest absolute Gasteiger partial charge is 0.376 e. The predicted octanol–water partition coefficient (Wildman–Crippen LogP) is 5.29. The number of aromatic nitrogens is 1. The number of nitrogens with one attached hydrogen (secondary N) is 1. The van der Waals surface area contributed by atoms with Crippen LogP contribution in [0.25, 0.3) is 11.1 Å². The number of benzene rings is 1. The van der Waals surface area contributed by atoms with Gasteiger partial charge in [-0.05, 0) is 36.1 Å². The van der Waals surface area contributed by atoms with E-state index in [1.165, 1.54) is 5.56 Å². The van der Waals surface area contributed by atoms with Crippen molar-refractivity contribution in [2.24, 2.45) is 0 Å². The molecule has 1 aliphatic heterocycles. The summed E-state index contributed by atoms with van der Waals surface area (Å²) < 4.78 is 0. The summed E-state index contributed by atoms with van der Waals surface area (Å²) in [4.78, 5) is 6.32. The standard InChI is InChI=1S/C24H26ClN3/c1-5-24-22(12-13-25)17(2)27-23(18(3)28(24)4)15-19-8-10-20(11-9-19)21-7-6-14-26-16-21/h5-12,14,16,23,27H,2-3,13,15H2,1,4H3/b22-12-,24-5+. The molecule has 0 aliphatic carbocycles. The molecule has 4 heteroatoms. The van der Waals surface area contributed by atoms with Crippen LogP contribution in [0.3, 0.4) is 0 Å². The molecule has 1 aliphatic rings. The van der Waals surface area contributed by atoms with Crippen molar-refractivity contribution in [1.29, 1.82) is 0 Å². The smallest absolute Gasteiger partial charge is 0.0699 e. The summed E-state index contributed by atoms with van der Waals surface area (Å²) in [6.07, 6.45) is 8.55. The predicted molar refractivity (Wildman–Crippen MR) is 119 cm³/mol. The zero-order valence-corrected chi connectivity index (χ0v) is 17.2. The monoisotopic (exact) mass is 391 g/mol. The normalized spacial score (nSPS) is 20.4. The first-order valence-corrected chi connectivity index (χ1v) is 9.89. The number of allylic oxidation sites excluding steroid dienone is 2. The Bertz CT molecular complexity index is 911. The fraction of sp³-hybridized carbons (Fsp3) is 0.208. The average molecular weight is 392 g/mol. The molecule has 2 aromatic rings. The number of hydrogen-bond donors (Lipinski definition) is 1. The number of rotatable bonds is 4. The van der Waals surface area contributed by atoms with Crippen LogP contribution in [0.2, 0.25) is 0 Å². The van der Waals surface area contributed by atoms with Crippen LogP contribution in [-0.2, 0) is 6.42 Å². The Morgan fingerprint density at radius 2 is 1.93 bits per heavy atom. The lowest BCUT2D eigenvalue weighted by Crippen LogP contribution is -2.34. The third-order valence-corrected chi connectivity index (χ3v) is 5.24. The van der Waals surface area contributed by atoms with Crippen molar-refractivity contribution in [3.8, 4) is 11.1 Å². The topological polar surface area (TPSA) is 28.2 Å². The summed E-state index contributed by atoms with van der Waals surface area (Å²) in [5.41, 5.74) is 7.48. The lowest BCUT2D eigenvalue weighted by atomic mass is 10.00. The molecule has 3 nitrogen and oxygen atoms in total. The number of alkyl halides is 1. The molecule has 1 unspecified atom stereocenters. The van der Waals surface area contributed by atoms with Crippen molar-refractivity contribution in [2.75, 3.05) is 12.9 Å². The Kier molecular flexibility index (Phi) is 6.37. The second-order valence-corrected chi connectivity index (χ2v) is 7.12. The Morgan fingerprint density at radius 1 is 1.18 bits per heavy atom. The molecule has 1 N–H and O–H groups in total. The highest BCUT2D eigenvalue weighted by Crippen LogP contribution is 2.30. The van der Waals surface area contributed by atoms with E-state index >= 15 is 0 Å². The van der Waals surface area contributed by atoms with Crippen LogP contribution in [0.1, 0.15) is 12.5 Å². The molecular formula is C24H26ClN3. The van der Waals surface area contributed by atoms with Gasteiger partial charge in [0.15, 0.2) is 0 Å². The van der Waals surface area contributed by atoms with E-state index in [9.17, 15) is 0 Å². The van der Waals surface area contributed by atoms with Gasteiger partial charge in [-0.15, -0.1) is 11.6 Å². The third-order valence-electron chi connectivity index (χ3n) is 5.09. The second kappa shape index (κ2) is 8.94. The van der Waals surface area contributed by atoms with E-state index < -0.39 is 0 Å². The summed E-state index contributed by atoms with van der Waals surface area (Å²) >= 11 is 5.97. The maximum atomic E-state index is 5.97. The number of likely N-dealkylation sites (N-methyl/N-ethyl adjacent to an activating group) is 1. The fourth-order valence-electron chi connectivity index (χ4n) is 3.52. The van der Waals surface area contributed by atoms with E-state index in [0.29, 0.717) is 5.88 Å². The van der Waals surface area contributed by atoms with Crippen LogP contribution < -0.4 is 5.32 Å². The van der Waals surface area contributed by atoms with E-state index in [0.717, 1.165) is 40.2 Å². The van der Waals surface area contributed by atoms with Crippen LogP contribution in [0.15, 0.2) is 96.8 Å². The minimum absolute atomic E-state index is 0.0536. The van der Waals surface area contributed by atoms with Gasteiger partial charge in [0.05, 0.1) is 6.04 Å². The molecule has 3 rings (SSSR count). The Hall–Kier alpha value is -2.78. The van der Waals surface area contributed by atoms with Gasteiger partial charge in [0.25, 0.3) is 0 Å². The van der Waals surface area contributed by atoms with Crippen LogP contribution in [0.4, 0.5) is 0 Å². The van der Waals surface area contributed by atoms with E-state index in [1.54, 1.807) is 6.20 Å². The molecule has 1 atom stereocenters. The Labute approximate surface area is 172 Å². The van der Waals surface area contributed by atoms with Crippen LogP contribution in [0, 0.1) is 0 Å². The molecule has 0 amide bonds. The number of nitrogens with zero attached hydrogens (tertiary/aromatic N) is 2. The van der Waals surface area contributed by atoms with Gasteiger partial charge in [0, 0.05) is 48.0 Å². The minimum Gasteiger partial charge on any atom is -0.376 e. The molecule has 0 radical (unpaired) electrons. The van der Waals surface area contributed by atoms with Gasteiger partial charge in [0.2, 0.25) is 0 Å². The van der Waals surface area contributed by atoms with E-state index in [-0.39, 0.29) is 6.04 Å². The molecule has 0 bridgehead atoms. The zero-order valence-electron chi connectivity index (χ0n) is 16.5. The highest BCUT2D eigenvalue weighted by atomic mass is 35.5. The summed E-state index contributed by atoms with van der Waals surface area (Å²) in [5.74, 6) is 0.439. The van der Waals surface area contributed by atoms with Crippen molar-refractivity contribution in [3.63, 3.8) is 0 Å². The van der Waals surface area contributed by atoms with Gasteiger partial charge in [-0.25, -0.2) is 0 Å². The number of hydrogen-bond acceptors (Lipinski definition) is 3. The van der Waals surface area contributed by atoms with Gasteiger partial charge in [-0.1, -0.05) is 55.6 Å². The first-order valence-electron chi connectivity index (χ1n) is 9.35. The lowest BCUT2D eigenvalue weighted by Gasteiger charge is -2.27. The first-order chi connectivity index (χ1) is 13.5. The number of pyridine rings is 1. The van der Waals surface area contributed by atoms with Crippen molar-refractivity contribution in [2.45, 2.75) is 19.4 Å². The van der Waals surface area contributed by atoms with E-state index in [2.05, 4.69) is 64.8 Å². The minimum atomic E-state index is 0.0536. The summed E-state index contributed by atoms with van der Waals surface area (Å²) in [6.45, 7) is 10.6. The average Bonchev–Trinajstić information content (AvgIpc) is 2.80. The maximum absolute atomic E-state index is 5.97. The molecule has 0 saturated carbocycles. The van der Waals surface area contributed by atoms with Crippen molar-refractivity contribution >= 4 is 11.6 Å². The summed E-state index contributed by atoms with van der Waals surface area (Å²) in [5, 5.41) is 3.54. The van der Waals surface area contributed by atoms with Crippen molar-refractivity contribution in [1.82, 2.24) is 15.2 Å². The Balaban J connectivity index is 1.83. The first kappa shape index (κ1) is 20.0. The molecule has 1 fully saturated rings. The highest BCUT2D eigenvalue weighted by Gasteiger charge is 2.26. The quantitative estimate of drug-likeness (QED) is 0.717. The van der Waals surface area contributed by atoms with Gasteiger partial charge in [0.1, 0.15) is 0 Å². The molecular weight excluding hydrogens is 366 g/mol. The molecule has 1 saturated heterocycles. The Morgan fingerprint density at radius 3 is 2.54 bits per heavy atom. The van der Waals surface area contributed by atoms with Gasteiger partial charge in [-0.3, -0.25) is 4.98 Å². The molecule has 28 heavy (non-hydrogen) atoms. The van der Waals surface area contributed by atoms with Gasteiger partial charge >= 0.3 is 0 Å². The van der Waals surface area contributed by atoms with Gasteiger partial charge in [-0.2, -0.15) is 0 Å². The molecule has 2 heterocycles. The SMILES string of the molecule is C=C1NC(Cc2ccc(-c3cccnc3)cc2)C(=C)N(C)C(=C/C)/C1=C\CCl. The zero-order chi connectivity index (χ0) is 20.1. The third kappa shape index (κ3) is 4.20. The van der Waals surface area contributed by atoms with Gasteiger partial charge < -0.3 is 10.2 Å². The number of halogens is 1. The van der Waals surface area contributed by atoms with Crippen LogP contribution in [0.5, 0.6) is 0 Å². The van der Waals surface area contributed by atoms with E-state index in [4.69, 9.17) is 11.6 Å². The lowest BCUT2D eigenvalue weighted by molar-refractivity contribution is 0.470. The molecule has 0 spiro atoms. The molecule has 1 aromatic carbocycles. The summed E-state index contributed by atoms with van der Waals surface area (Å²) in [6, 6.07) is 12.7. The van der Waals surface area contributed by atoms with E-state index in [1.807, 2.05) is 32.3 Å². The van der Waals surface area contributed by atoms with Crippen molar-refractivity contribution in [3.05, 3.63) is 102 Å². The maximum Gasteiger partial charge on any atom is 0.0699 e. The second-order valence-electron chi connectivity index (χ2n) is 6.81.